The van der Waals surface area contributed by atoms with Crippen molar-refractivity contribution in [2.75, 3.05) is 5.32 Å². The van der Waals surface area contributed by atoms with E-state index in [0.29, 0.717) is 15.6 Å². The van der Waals surface area contributed by atoms with Crippen LogP contribution in [-0.2, 0) is 4.79 Å². The molecule has 0 fully saturated rings. The standard InChI is InChI=1S/C15H9Cl3N2O3/c16-11-2-1-3-12(17)10(11)5-7-15(21)19-14-6-4-9(20(22)23)8-13(14)18/h1-8H,(H,19,21)/b7-5+. The number of benzene rings is 2. The summed E-state index contributed by atoms with van der Waals surface area (Å²) in [6.45, 7) is 0. The van der Waals surface area contributed by atoms with Gasteiger partial charge in [0, 0.05) is 33.8 Å². The van der Waals surface area contributed by atoms with Gasteiger partial charge in [-0.15, -0.1) is 0 Å². The molecule has 23 heavy (non-hydrogen) atoms. The topological polar surface area (TPSA) is 72.2 Å². The van der Waals surface area contributed by atoms with Crippen LogP contribution in [0.15, 0.2) is 42.5 Å². The van der Waals surface area contributed by atoms with Crippen molar-refractivity contribution in [3.05, 3.63) is 73.2 Å². The molecule has 8 heteroatoms. The Kier molecular flexibility index (Phi) is 5.60. The molecule has 2 aromatic carbocycles. The summed E-state index contributed by atoms with van der Waals surface area (Å²) in [4.78, 5) is 22.0. The average molecular weight is 372 g/mol. The number of nitrogens with zero attached hydrogens (tertiary/aromatic N) is 1. The SMILES string of the molecule is O=C(/C=C/c1c(Cl)cccc1Cl)Nc1ccc([N+](=O)[O-])cc1Cl. The molecule has 0 aliphatic carbocycles. The molecule has 5 nitrogen and oxygen atoms in total. The summed E-state index contributed by atoms with van der Waals surface area (Å²) in [5.74, 6) is -0.475. The van der Waals surface area contributed by atoms with Crippen LogP contribution in [0.4, 0.5) is 11.4 Å². The van der Waals surface area contributed by atoms with E-state index in [-0.39, 0.29) is 16.4 Å². The van der Waals surface area contributed by atoms with Crippen LogP contribution in [0.3, 0.4) is 0 Å². The van der Waals surface area contributed by atoms with Crippen LogP contribution in [0.25, 0.3) is 6.08 Å². The van der Waals surface area contributed by atoms with Crippen molar-refractivity contribution in [3.63, 3.8) is 0 Å². The first kappa shape index (κ1) is 17.3. The number of hydrogen-bond acceptors (Lipinski definition) is 3. The molecule has 0 radical (unpaired) electrons. The van der Waals surface area contributed by atoms with Gasteiger partial charge in [0.05, 0.1) is 15.6 Å². The molecule has 0 aromatic heterocycles. The van der Waals surface area contributed by atoms with Gasteiger partial charge in [0.1, 0.15) is 0 Å². The predicted octanol–water partition coefficient (Wildman–Crippen LogP) is 5.21. The average Bonchev–Trinajstić information content (AvgIpc) is 2.48. The molecule has 0 aliphatic rings. The normalized spacial score (nSPS) is 10.7. The third-order valence-electron chi connectivity index (χ3n) is 2.82. The smallest absolute Gasteiger partial charge is 0.271 e. The summed E-state index contributed by atoms with van der Waals surface area (Å²) >= 11 is 17.9. The maximum atomic E-state index is 11.9. The van der Waals surface area contributed by atoms with Gasteiger partial charge < -0.3 is 5.32 Å². The quantitative estimate of drug-likeness (QED) is 0.456. The number of nitro groups is 1. The third-order valence-corrected chi connectivity index (χ3v) is 3.79. The van der Waals surface area contributed by atoms with E-state index in [1.165, 1.54) is 24.3 Å². The molecule has 0 heterocycles. The van der Waals surface area contributed by atoms with Crippen molar-refractivity contribution in [2.24, 2.45) is 0 Å². The van der Waals surface area contributed by atoms with Crippen molar-refractivity contribution >= 4 is 58.2 Å². The molecule has 0 unspecified atom stereocenters. The minimum atomic E-state index is -0.573. The molecule has 0 saturated carbocycles. The molecule has 1 amide bonds. The van der Waals surface area contributed by atoms with Gasteiger partial charge in [0.2, 0.25) is 5.91 Å². The number of nitro benzene ring substituents is 1. The van der Waals surface area contributed by atoms with Crippen LogP contribution in [0.1, 0.15) is 5.56 Å². The van der Waals surface area contributed by atoms with Crippen LogP contribution in [0.2, 0.25) is 15.1 Å². The number of hydrogen-bond donors (Lipinski definition) is 1. The Morgan fingerprint density at radius 2 is 1.74 bits per heavy atom. The molecule has 118 valence electrons. The summed E-state index contributed by atoms with van der Waals surface area (Å²) in [6, 6.07) is 8.76. The highest BCUT2D eigenvalue weighted by Crippen LogP contribution is 2.27. The zero-order valence-corrected chi connectivity index (χ0v) is 13.7. The largest absolute Gasteiger partial charge is 0.321 e. The van der Waals surface area contributed by atoms with E-state index < -0.39 is 10.8 Å². The van der Waals surface area contributed by atoms with Gasteiger partial charge in [0.25, 0.3) is 5.69 Å². The van der Waals surface area contributed by atoms with Crippen molar-refractivity contribution in [1.82, 2.24) is 0 Å². The van der Waals surface area contributed by atoms with Gasteiger partial charge in [-0.3, -0.25) is 14.9 Å². The van der Waals surface area contributed by atoms with Crippen LogP contribution >= 0.6 is 34.8 Å². The molecule has 2 aromatic rings. The molecular weight excluding hydrogens is 363 g/mol. The number of carbonyl (C=O) groups is 1. The molecular formula is C15H9Cl3N2O3. The minimum Gasteiger partial charge on any atom is -0.321 e. The van der Waals surface area contributed by atoms with Crippen LogP contribution in [0.5, 0.6) is 0 Å². The highest BCUT2D eigenvalue weighted by molar-refractivity contribution is 6.37. The van der Waals surface area contributed by atoms with E-state index in [0.717, 1.165) is 6.07 Å². The second kappa shape index (κ2) is 7.46. The lowest BCUT2D eigenvalue weighted by Gasteiger charge is -2.05. The Hall–Kier alpha value is -2.08. The summed E-state index contributed by atoms with van der Waals surface area (Å²) in [5, 5.41) is 14.0. The molecule has 0 bridgehead atoms. The van der Waals surface area contributed by atoms with Crippen molar-refractivity contribution < 1.29 is 9.72 Å². The highest BCUT2D eigenvalue weighted by atomic mass is 35.5. The summed E-state index contributed by atoms with van der Waals surface area (Å²) in [5.41, 5.74) is 0.615. The first-order valence-corrected chi connectivity index (χ1v) is 7.39. The Bertz CT molecular complexity index is 786. The van der Waals surface area contributed by atoms with Crippen molar-refractivity contribution in [1.29, 1.82) is 0 Å². The molecule has 0 spiro atoms. The number of rotatable bonds is 4. The summed E-state index contributed by atoms with van der Waals surface area (Å²) < 4.78 is 0. The van der Waals surface area contributed by atoms with Gasteiger partial charge >= 0.3 is 0 Å². The van der Waals surface area contributed by atoms with E-state index in [9.17, 15) is 14.9 Å². The lowest BCUT2D eigenvalue weighted by molar-refractivity contribution is -0.384. The predicted molar refractivity (Wildman–Crippen MR) is 92.2 cm³/mol. The second-order valence-electron chi connectivity index (χ2n) is 4.38. The van der Waals surface area contributed by atoms with Crippen molar-refractivity contribution in [2.45, 2.75) is 0 Å². The first-order chi connectivity index (χ1) is 10.9. The Labute approximate surface area is 146 Å². The number of non-ortho nitro benzene ring substituents is 1. The number of anilines is 1. The van der Waals surface area contributed by atoms with Gasteiger partial charge in [-0.2, -0.15) is 0 Å². The number of carbonyl (C=O) groups excluding carboxylic acids is 1. The second-order valence-corrected chi connectivity index (χ2v) is 5.60. The molecule has 0 saturated heterocycles. The fourth-order valence-corrected chi connectivity index (χ4v) is 2.47. The third kappa shape index (κ3) is 4.45. The molecule has 1 N–H and O–H groups in total. The minimum absolute atomic E-state index is 0.0664. The van der Waals surface area contributed by atoms with Crippen LogP contribution in [0, 0.1) is 10.1 Å². The number of amides is 1. The van der Waals surface area contributed by atoms with E-state index in [1.807, 2.05) is 0 Å². The summed E-state index contributed by atoms with van der Waals surface area (Å²) in [6.07, 6.45) is 2.71. The molecule has 2 rings (SSSR count). The van der Waals surface area contributed by atoms with Gasteiger partial charge in [-0.25, -0.2) is 0 Å². The maximum absolute atomic E-state index is 11.9. The van der Waals surface area contributed by atoms with Gasteiger partial charge in [-0.05, 0) is 24.3 Å². The molecule has 0 aliphatic heterocycles. The zero-order valence-electron chi connectivity index (χ0n) is 11.4. The van der Waals surface area contributed by atoms with E-state index in [1.54, 1.807) is 18.2 Å². The van der Waals surface area contributed by atoms with Gasteiger partial charge in [0.15, 0.2) is 0 Å². The number of nitrogens with one attached hydrogen (secondary N) is 1. The van der Waals surface area contributed by atoms with E-state index in [2.05, 4.69) is 5.32 Å². The Morgan fingerprint density at radius 1 is 1.09 bits per heavy atom. The number of halogens is 3. The Balaban J connectivity index is 2.14. The lowest BCUT2D eigenvalue weighted by atomic mass is 10.2. The fourth-order valence-electron chi connectivity index (χ4n) is 1.72. The lowest BCUT2D eigenvalue weighted by Crippen LogP contribution is -2.08. The Morgan fingerprint density at radius 3 is 2.30 bits per heavy atom. The maximum Gasteiger partial charge on any atom is 0.271 e. The van der Waals surface area contributed by atoms with E-state index >= 15 is 0 Å². The summed E-state index contributed by atoms with van der Waals surface area (Å²) in [7, 11) is 0. The van der Waals surface area contributed by atoms with Crippen LogP contribution in [-0.4, -0.2) is 10.8 Å². The molecule has 0 atom stereocenters. The van der Waals surface area contributed by atoms with Gasteiger partial charge in [-0.1, -0.05) is 40.9 Å². The first-order valence-electron chi connectivity index (χ1n) is 6.25. The zero-order chi connectivity index (χ0) is 17.0. The fraction of sp³-hybridized carbons (Fsp3) is 0. The van der Waals surface area contributed by atoms with E-state index in [4.69, 9.17) is 34.8 Å². The van der Waals surface area contributed by atoms with Crippen LogP contribution < -0.4 is 5.32 Å². The highest BCUT2D eigenvalue weighted by Gasteiger charge is 2.10. The monoisotopic (exact) mass is 370 g/mol. The van der Waals surface area contributed by atoms with Crippen molar-refractivity contribution in [3.8, 4) is 0 Å².